The van der Waals surface area contributed by atoms with Gasteiger partial charge >= 0.3 is 18.9 Å². The quantitative estimate of drug-likeness (QED) is 0.493. The molecule has 0 unspecified atom stereocenters. The van der Waals surface area contributed by atoms with E-state index < -0.39 is 0 Å². The number of benzene rings is 1. The molecule has 9 heavy (non-hydrogen) atoms. The maximum atomic E-state index is 4.88. The average molecular weight is 115 g/mol. The standard InChI is InChI=1S/C7H7O.Li.H/c1-8-7-5-3-2-4-6-7;;/h2-3,5-6H,1H3;;. The third kappa shape index (κ3) is 2.60. The number of methoxy groups -OCH3 is 1. The van der Waals surface area contributed by atoms with Crippen LogP contribution in [0.15, 0.2) is 24.3 Å². The molecule has 0 heterocycles. The monoisotopic (exact) mass is 115 g/mol. The topological polar surface area (TPSA) is 9.23 Å². The Labute approximate surface area is 67.2 Å². The van der Waals surface area contributed by atoms with E-state index in [0.29, 0.717) is 0 Å². The van der Waals surface area contributed by atoms with Crippen LogP contribution < -0.4 is 4.74 Å². The molecule has 0 N–H and O–H groups in total. The molecule has 0 saturated heterocycles. The molecule has 0 bridgehead atoms. The van der Waals surface area contributed by atoms with Gasteiger partial charge in [-0.1, -0.05) is 12.1 Å². The average Bonchev–Trinajstić information content (AvgIpc) is 1.90. The molecule has 1 rings (SSSR count). The summed E-state index contributed by atoms with van der Waals surface area (Å²) >= 11 is 0. The van der Waals surface area contributed by atoms with Crippen molar-refractivity contribution >= 4 is 18.9 Å². The van der Waals surface area contributed by atoms with Gasteiger partial charge in [-0.2, -0.15) is 0 Å². The summed E-state index contributed by atoms with van der Waals surface area (Å²) in [5.41, 5.74) is 0. The van der Waals surface area contributed by atoms with Crippen molar-refractivity contribution in [1.82, 2.24) is 0 Å². The zero-order valence-corrected chi connectivity index (χ0v) is 4.72. The third-order valence-electron chi connectivity index (χ3n) is 0.914. The number of ether oxygens (including phenoxy) is 1. The van der Waals surface area contributed by atoms with Crippen molar-refractivity contribution in [2.75, 3.05) is 7.11 Å². The number of rotatable bonds is 1. The summed E-state index contributed by atoms with van der Waals surface area (Å²) in [6.45, 7) is 0. The maximum absolute atomic E-state index is 4.88. The fourth-order valence-corrected chi connectivity index (χ4v) is 0.504. The van der Waals surface area contributed by atoms with E-state index in [-0.39, 0.29) is 18.9 Å². The SMILES string of the molecule is COc1c[c]ccc1.[LiH]. The molecule has 0 aliphatic rings. The predicted molar refractivity (Wildman–Crippen MR) is 39.0 cm³/mol. The van der Waals surface area contributed by atoms with Gasteiger partial charge in [0.15, 0.2) is 0 Å². The molecule has 1 nitrogen and oxygen atoms in total. The van der Waals surface area contributed by atoms with Gasteiger partial charge in [0.2, 0.25) is 0 Å². The molecular formula is C7H8LiO. The van der Waals surface area contributed by atoms with Crippen molar-refractivity contribution in [1.29, 1.82) is 0 Å². The van der Waals surface area contributed by atoms with Crippen molar-refractivity contribution in [3.05, 3.63) is 30.3 Å². The fraction of sp³-hybridized carbons (Fsp3) is 0.143. The predicted octanol–water partition coefficient (Wildman–Crippen LogP) is 0.847. The molecule has 0 fully saturated rings. The van der Waals surface area contributed by atoms with Crippen molar-refractivity contribution in [2.45, 2.75) is 0 Å². The van der Waals surface area contributed by atoms with E-state index in [1.165, 1.54) is 0 Å². The molecule has 1 radical (unpaired) electrons. The Hall–Kier alpha value is -0.383. The van der Waals surface area contributed by atoms with Gasteiger partial charge in [-0.25, -0.2) is 0 Å². The molecule has 0 saturated carbocycles. The molecular weight excluding hydrogens is 107 g/mol. The Kier molecular flexibility index (Phi) is 4.30. The summed E-state index contributed by atoms with van der Waals surface area (Å²) in [5, 5.41) is 0. The second-order valence-corrected chi connectivity index (χ2v) is 1.44. The van der Waals surface area contributed by atoms with Crippen molar-refractivity contribution in [3.8, 4) is 5.75 Å². The Bertz CT molecular complexity index is 150. The second-order valence-electron chi connectivity index (χ2n) is 1.44. The number of hydrogen-bond acceptors (Lipinski definition) is 1. The minimum atomic E-state index is 0. The normalized spacial score (nSPS) is 7.67. The summed E-state index contributed by atoms with van der Waals surface area (Å²) in [6, 6.07) is 10.3. The van der Waals surface area contributed by atoms with Gasteiger partial charge in [0.05, 0.1) is 7.11 Å². The van der Waals surface area contributed by atoms with Crippen molar-refractivity contribution < 1.29 is 4.74 Å². The molecule has 1 aromatic carbocycles. The van der Waals surface area contributed by atoms with E-state index >= 15 is 0 Å². The van der Waals surface area contributed by atoms with Gasteiger partial charge < -0.3 is 4.74 Å². The molecule has 0 amide bonds. The van der Waals surface area contributed by atoms with Crippen LogP contribution in [0.25, 0.3) is 0 Å². The van der Waals surface area contributed by atoms with Crippen LogP contribution in [-0.2, 0) is 0 Å². The molecule has 43 valence electrons. The van der Waals surface area contributed by atoms with E-state index in [1.54, 1.807) is 13.2 Å². The van der Waals surface area contributed by atoms with Gasteiger partial charge in [-0.05, 0) is 18.2 Å². The van der Waals surface area contributed by atoms with E-state index in [9.17, 15) is 0 Å². The summed E-state index contributed by atoms with van der Waals surface area (Å²) in [4.78, 5) is 0. The summed E-state index contributed by atoms with van der Waals surface area (Å²) < 4.78 is 4.88. The van der Waals surface area contributed by atoms with Crippen LogP contribution in [0, 0.1) is 6.07 Å². The van der Waals surface area contributed by atoms with E-state index in [2.05, 4.69) is 6.07 Å². The Balaban J connectivity index is 0.000000640. The molecule has 0 spiro atoms. The molecule has 0 aliphatic carbocycles. The Morgan fingerprint density at radius 2 is 2.33 bits per heavy atom. The molecule has 0 aromatic heterocycles. The van der Waals surface area contributed by atoms with Crippen LogP contribution in [0.3, 0.4) is 0 Å². The summed E-state index contributed by atoms with van der Waals surface area (Å²) in [7, 11) is 1.64. The van der Waals surface area contributed by atoms with Crippen LogP contribution in [0.5, 0.6) is 5.75 Å². The fourth-order valence-electron chi connectivity index (χ4n) is 0.504. The second kappa shape index (κ2) is 4.49. The van der Waals surface area contributed by atoms with Gasteiger partial charge in [0.1, 0.15) is 5.75 Å². The van der Waals surface area contributed by atoms with E-state index in [1.807, 2.05) is 18.2 Å². The molecule has 0 atom stereocenters. The first-order valence-electron chi connectivity index (χ1n) is 2.43. The third-order valence-corrected chi connectivity index (χ3v) is 0.914. The summed E-state index contributed by atoms with van der Waals surface area (Å²) in [6.07, 6.45) is 0. The minimum absolute atomic E-state index is 0. The van der Waals surface area contributed by atoms with E-state index in [0.717, 1.165) is 5.75 Å². The molecule has 1 aromatic rings. The molecule has 0 aliphatic heterocycles. The van der Waals surface area contributed by atoms with Gasteiger partial charge in [0.25, 0.3) is 0 Å². The van der Waals surface area contributed by atoms with E-state index in [4.69, 9.17) is 4.74 Å². The first kappa shape index (κ1) is 8.62. The van der Waals surface area contributed by atoms with Gasteiger partial charge in [0, 0.05) is 0 Å². The van der Waals surface area contributed by atoms with Crippen LogP contribution in [0.2, 0.25) is 0 Å². The zero-order valence-electron chi connectivity index (χ0n) is 4.72. The van der Waals surface area contributed by atoms with Crippen LogP contribution in [0.4, 0.5) is 0 Å². The first-order chi connectivity index (χ1) is 3.93. The van der Waals surface area contributed by atoms with Crippen molar-refractivity contribution in [3.63, 3.8) is 0 Å². The van der Waals surface area contributed by atoms with Gasteiger partial charge in [-0.15, -0.1) is 0 Å². The summed E-state index contributed by atoms with van der Waals surface area (Å²) in [5.74, 6) is 0.854. The van der Waals surface area contributed by atoms with Crippen LogP contribution >= 0.6 is 0 Å². The van der Waals surface area contributed by atoms with Crippen LogP contribution in [0.1, 0.15) is 0 Å². The Morgan fingerprint density at radius 3 is 2.67 bits per heavy atom. The first-order valence-corrected chi connectivity index (χ1v) is 2.43. The zero-order chi connectivity index (χ0) is 5.82. The Morgan fingerprint density at radius 1 is 1.56 bits per heavy atom. The van der Waals surface area contributed by atoms with Crippen molar-refractivity contribution in [2.24, 2.45) is 0 Å². The molecule has 2 heteroatoms. The van der Waals surface area contributed by atoms with Gasteiger partial charge in [-0.3, -0.25) is 0 Å². The van der Waals surface area contributed by atoms with Crippen LogP contribution in [-0.4, -0.2) is 26.0 Å². The number of hydrogen-bond donors (Lipinski definition) is 0.